The van der Waals surface area contributed by atoms with Crippen LogP contribution in [-0.4, -0.2) is 45.2 Å². The van der Waals surface area contributed by atoms with E-state index < -0.39 is 36.3 Å². The Morgan fingerprint density at radius 1 is 1.22 bits per heavy atom. The third kappa shape index (κ3) is 3.45. The Bertz CT molecular complexity index is 981. The molecule has 1 aliphatic heterocycles. The number of hydrogen-bond donors (Lipinski definition) is 2. The van der Waals surface area contributed by atoms with Crippen molar-refractivity contribution in [3.8, 4) is 0 Å². The molecule has 1 atom stereocenters. The Morgan fingerprint density at radius 2 is 1.89 bits per heavy atom. The number of carbonyl (C=O) groups excluding carboxylic acids is 3. The second-order valence-electron chi connectivity index (χ2n) is 6.31. The average molecular weight is 387 g/mol. The van der Waals surface area contributed by atoms with Gasteiger partial charge in [0, 0.05) is 0 Å². The first-order valence-electron chi connectivity index (χ1n) is 8.16. The van der Waals surface area contributed by atoms with Gasteiger partial charge in [0.15, 0.2) is 0 Å². The molecule has 0 fully saturated rings. The number of carboxylic acids is 1. The number of aromatic carboxylic acids is 1. The summed E-state index contributed by atoms with van der Waals surface area (Å²) in [6.07, 6.45) is 0. The summed E-state index contributed by atoms with van der Waals surface area (Å²) in [5.41, 5.74) is 1.80. The maximum absolute atomic E-state index is 12.4. The lowest BCUT2D eigenvalue weighted by atomic mass is 10.1. The molecule has 0 radical (unpaired) electrons. The van der Waals surface area contributed by atoms with Crippen LogP contribution >= 0.6 is 11.3 Å². The van der Waals surface area contributed by atoms with Crippen LogP contribution in [0.15, 0.2) is 18.2 Å². The lowest BCUT2D eigenvalue weighted by Gasteiger charge is -2.16. The van der Waals surface area contributed by atoms with Gasteiger partial charge in [-0.25, -0.2) is 9.78 Å². The molecule has 2 N–H and O–H groups in total. The molecule has 1 unspecified atom stereocenters. The number of amides is 3. The molecule has 1 aliphatic rings. The lowest BCUT2D eigenvalue weighted by Crippen LogP contribution is -2.41. The summed E-state index contributed by atoms with van der Waals surface area (Å²) in [5.74, 6) is -2.61. The molecule has 1 aromatic heterocycles. The summed E-state index contributed by atoms with van der Waals surface area (Å²) >= 11 is 0.980. The van der Waals surface area contributed by atoms with Gasteiger partial charge in [0.2, 0.25) is 5.91 Å². The van der Waals surface area contributed by atoms with Crippen molar-refractivity contribution in [1.82, 2.24) is 15.2 Å². The highest BCUT2D eigenvalue weighted by molar-refractivity contribution is 7.13. The molecule has 0 bridgehead atoms. The summed E-state index contributed by atoms with van der Waals surface area (Å²) in [6.45, 7) is 4.65. The number of nitrogens with zero attached hydrogens (tertiary/aromatic N) is 2. The number of imide groups is 1. The first-order chi connectivity index (χ1) is 12.7. The molecule has 9 heteroatoms. The molecule has 140 valence electrons. The van der Waals surface area contributed by atoms with Gasteiger partial charge in [-0.2, -0.15) is 0 Å². The summed E-state index contributed by atoms with van der Waals surface area (Å²) in [6, 6.07) is 4.39. The second-order valence-corrected chi connectivity index (χ2v) is 7.34. The van der Waals surface area contributed by atoms with E-state index in [0.717, 1.165) is 21.8 Å². The summed E-state index contributed by atoms with van der Waals surface area (Å²) in [4.78, 5) is 53.4. The number of carbonyl (C=O) groups is 4. The molecular formula is C18H17N3O5S. The van der Waals surface area contributed by atoms with Gasteiger partial charge in [0.05, 0.1) is 22.9 Å². The van der Waals surface area contributed by atoms with Crippen LogP contribution in [-0.2, 0) is 4.79 Å². The lowest BCUT2D eigenvalue weighted by molar-refractivity contribution is -0.122. The van der Waals surface area contributed by atoms with E-state index in [2.05, 4.69) is 10.3 Å². The van der Waals surface area contributed by atoms with Crippen LogP contribution in [0.1, 0.15) is 59.6 Å². The number of benzene rings is 1. The molecule has 0 spiro atoms. The molecule has 2 aromatic rings. The van der Waals surface area contributed by atoms with E-state index in [1.54, 1.807) is 32.0 Å². The number of aryl methyl sites for hydroxylation is 2. The van der Waals surface area contributed by atoms with Crippen molar-refractivity contribution in [2.75, 3.05) is 6.54 Å². The van der Waals surface area contributed by atoms with E-state index in [1.807, 2.05) is 6.92 Å². The van der Waals surface area contributed by atoms with Crippen LogP contribution in [0.4, 0.5) is 0 Å². The third-order valence-electron chi connectivity index (χ3n) is 4.18. The maximum atomic E-state index is 12.4. The topological polar surface area (TPSA) is 117 Å². The molecule has 8 nitrogen and oxygen atoms in total. The molecule has 1 aromatic carbocycles. The second kappa shape index (κ2) is 6.92. The molecule has 3 rings (SSSR count). The van der Waals surface area contributed by atoms with E-state index in [-0.39, 0.29) is 10.4 Å². The minimum atomic E-state index is -1.07. The fourth-order valence-electron chi connectivity index (χ4n) is 2.84. The quantitative estimate of drug-likeness (QED) is 0.757. The van der Waals surface area contributed by atoms with Crippen LogP contribution in [0.3, 0.4) is 0 Å². The van der Waals surface area contributed by atoms with E-state index in [4.69, 9.17) is 5.11 Å². The number of thiazole rings is 1. The van der Waals surface area contributed by atoms with Gasteiger partial charge < -0.3 is 10.4 Å². The SMILES string of the molecule is Cc1ccc2c(c1)C(=O)N(CC(=O)NC(C)c1nc(C)c(C(=O)O)s1)C2=O. The number of fused-ring (bicyclic) bond motifs is 1. The standard InChI is InChI=1S/C18H17N3O5S/c1-8-4-5-11-12(6-8)17(24)21(16(11)23)7-13(22)19-10(3)15-20-9(2)14(27-15)18(25)26/h4-6,10H,7H2,1-3H3,(H,19,22)(H,25,26). The summed E-state index contributed by atoms with van der Waals surface area (Å²) in [5, 5.41) is 12.2. The highest BCUT2D eigenvalue weighted by Crippen LogP contribution is 2.25. The molecule has 0 saturated heterocycles. The van der Waals surface area contributed by atoms with Crippen LogP contribution < -0.4 is 5.32 Å². The largest absolute Gasteiger partial charge is 0.477 e. The third-order valence-corrected chi connectivity index (χ3v) is 5.51. The molecule has 0 aliphatic carbocycles. The van der Waals surface area contributed by atoms with Crippen molar-refractivity contribution in [3.05, 3.63) is 50.5 Å². The number of aromatic nitrogens is 1. The van der Waals surface area contributed by atoms with Gasteiger partial charge in [0.1, 0.15) is 16.4 Å². The van der Waals surface area contributed by atoms with Gasteiger partial charge in [-0.15, -0.1) is 11.3 Å². The van der Waals surface area contributed by atoms with E-state index in [1.165, 1.54) is 0 Å². The Balaban J connectivity index is 1.69. The first-order valence-corrected chi connectivity index (χ1v) is 8.97. The zero-order valence-corrected chi connectivity index (χ0v) is 15.7. The fourth-order valence-corrected chi connectivity index (χ4v) is 3.75. The minimum Gasteiger partial charge on any atom is -0.477 e. The normalized spacial score (nSPS) is 14.3. The van der Waals surface area contributed by atoms with E-state index >= 15 is 0 Å². The molecule has 3 amide bonds. The van der Waals surface area contributed by atoms with Gasteiger partial charge >= 0.3 is 5.97 Å². The maximum Gasteiger partial charge on any atom is 0.347 e. The number of carboxylic acid groups (broad SMARTS) is 1. The average Bonchev–Trinajstić information content (AvgIpc) is 3.09. The highest BCUT2D eigenvalue weighted by Gasteiger charge is 2.36. The molecule has 27 heavy (non-hydrogen) atoms. The highest BCUT2D eigenvalue weighted by atomic mass is 32.1. The number of rotatable bonds is 5. The van der Waals surface area contributed by atoms with E-state index in [0.29, 0.717) is 16.3 Å². The zero-order chi connectivity index (χ0) is 19.9. The predicted octanol–water partition coefficient (Wildman–Crippen LogP) is 1.93. The van der Waals surface area contributed by atoms with Crippen molar-refractivity contribution in [1.29, 1.82) is 0 Å². The summed E-state index contributed by atoms with van der Waals surface area (Å²) in [7, 11) is 0. The zero-order valence-electron chi connectivity index (χ0n) is 14.9. The van der Waals surface area contributed by atoms with E-state index in [9.17, 15) is 19.2 Å². The first kappa shape index (κ1) is 18.7. The van der Waals surface area contributed by atoms with Crippen molar-refractivity contribution >= 4 is 35.0 Å². The van der Waals surface area contributed by atoms with Gasteiger partial charge in [-0.3, -0.25) is 19.3 Å². The van der Waals surface area contributed by atoms with Crippen LogP contribution in [0, 0.1) is 13.8 Å². The van der Waals surface area contributed by atoms with Crippen LogP contribution in [0.25, 0.3) is 0 Å². The summed E-state index contributed by atoms with van der Waals surface area (Å²) < 4.78 is 0. The minimum absolute atomic E-state index is 0.113. The van der Waals surface area contributed by atoms with Crippen molar-refractivity contribution in [3.63, 3.8) is 0 Å². The molecule has 2 heterocycles. The van der Waals surface area contributed by atoms with Gasteiger partial charge in [0.25, 0.3) is 11.8 Å². The van der Waals surface area contributed by atoms with Crippen molar-refractivity contribution in [2.24, 2.45) is 0 Å². The Hall–Kier alpha value is -3.07. The van der Waals surface area contributed by atoms with Gasteiger partial charge in [-0.05, 0) is 32.9 Å². The Labute approximate surface area is 158 Å². The Morgan fingerprint density at radius 3 is 2.52 bits per heavy atom. The molecular weight excluding hydrogens is 370 g/mol. The van der Waals surface area contributed by atoms with Crippen LogP contribution in [0.2, 0.25) is 0 Å². The Kier molecular flexibility index (Phi) is 4.79. The van der Waals surface area contributed by atoms with Crippen LogP contribution in [0.5, 0.6) is 0 Å². The number of nitrogens with one attached hydrogen (secondary N) is 1. The van der Waals surface area contributed by atoms with Gasteiger partial charge in [-0.1, -0.05) is 11.6 Å². The molecule has 0 saturated carbocycles. The van der Waals surface area contributed by atoms with Crippen molar-refractivity contribution in [2.45, 2.75) is 26.8 Å². The fraction of sp³-hybridized carbons (Fsp3) is 0.278. The number of hydrogen-bond acceptors (Lipinski definition) is 6. The monoisotopic (exact) mass is 387 g/mol. The predicted molar refractivity (Wildman–Crippen MR) is 96.9 cm³/mol. The van der Waals surface area contributed by atoms with Crippen molar-refractivity contribution < 1.29 is 24.3 Å². The smallest absolute Gasteiger partial charge is 0.347 e.